The van der Waals surface area contributed by atoms with Gasteiger partial charge in [0, 0.05) is 13.1 Å². The highest BCUT2D eigenvalue weighted by atomic mass is 19.4. The number of nitrogens with zero attached hydrogens (tertiary/aromatic N) is 3. The zero-order chi connectivity index (χ0) is 21.7. The molecular formula is C20H20F4N4O2. The summed E-state index contributed by atoms with van der Waals surface area (Å²) in [5.41, 5.74) is -0.139. The number of ether oxygens (including phenoxy) is 1. The lowest BCUT2D eigenvalue weighted by atomic mass is 10.0. The van der Waals surface area contributed by atoms with Gasteiger partial charge in [0.25, 0.3) is 0 Å². The Bertz CT molecular complexity index is 872. The highest BCUT2D eigenvalue weighted by Crippen LogP contribution is 2.29. The number of piperidine rings is 1. The highest BCUT2D eigenvalue weighted by Gasteiger charge is 2.32. The molecule has 0 aliphatic carbocycles. The predicted molar refractivity (Wildman–Crippen MR) is 101 cm³/mol. The summed E-state index contributed by atoms with van der Waals surface area (Å²) >= 11 is 0. The number of rotatable bonds is 6. The van der Waals surface area contributed by atoms with E-state index in [1.807, 2.05) is 0 Å². The Balaban J connectivity index is 1.68. The van der Waals surface area contributed by atoms with Crippen molar-refractivity contribution in [2.75, 3.05) is 18.4 Å². The average molecular weight is 424 g/mol. The van der Waals surface area contributed by atoms with Crippen LogP contribution in [0.1, 0.15) is 17.5 Å². The second-order valence-corrected chi connectivity index (χ2v) is 6.80. The molecule has 1 aliphatic heterocycles. The number of nitrogens with one attached hydrogen (secondary N) is 1. The second kappa shape index (κ2) is 9.21. The third kappa shape index (κ3) is 5.53. The lowest BCUT2D eigenvalue weighted by molar-refractivity contribution is -0.137. The number of aromatic nitrogens is 2. The number of carbonyl (C=O) groups excluding carboxylic acids is 1. The van der Waals surface area contributed by atoms with E-state index < -0.39 is 23.6 Å². The van der Waals surface area contributed by atoms with Crippen LogP contribution in [0.15, 0.2) is 49.3 Å². The fourth-order valence-electron chi connectivity index (χ4n) is 3.14. The minimum absolute atomic E-state index is 0.0979. The summed E-state index contributed by atoms with van der Waals surface area (Å²) in [6.45, 7) is 4.30. The molecule has 2 aromatic rings. The maximum Gasteiger partial charge on any atom is 0.416 e. The first-order valence-corrected chi connectivity index (χ1v) is 9.19. The van der Waals surface area contributed by atoms with Gasteiger partial charge in [0.05, 0.1) is 36.7 Å². The van der Waals surface area contributed by atoms with Crippen LogP contribution in [0.5, 0.6) is 0 Å². The summed E-state index contributed by atoms with van der Waals surface area (Å²) in [5, 5.41) is 3.04. The van der Waals surface area contributed by atoms with Crippen molar-refractivity contribution < 1.29 is 27.1 Å². The molecule has 0 radical (unpaired) electrons. The fourth-order valence-corrected chi connectivity index (χ4v) is 3.14. The number of benzene rings is 1. The number of amides is 1. The van der Waals surface area contributed by atoms with Crippen molar-refractivity contribution in [2.24, 2.45) is 0 Å². The zero-order valence-corrected chi connectivity index (χ0v) is 15.9. The molecule has 1 saturated heterocycles. The lowest BCUT2D eigenvalue weighted by Gasteiger charge is -2.38. The maximum absolute atomic E-state index is 13.1. The smallest absolute Gasteiger partial charge is 0.371 e. The largest absolute Gasteiger partial charge is 0.416 e. The highest BCUT2D eigenvalue weighted by molar-refractivity contribution is 5.87. The van der Waals surface area contributed by atoms with Crippen LogP contribution in [-0.2, 0) is 22.3 Å². The summed E-state index contributed by atoms with van der Waals surface area (Å²) < 4.78 is 57.1. The standard InChI is InChI=1S/C20H20F4N4O2/c1-2-18(29)28-8-7-17(16(11-28)27-19-25-9-15(21)10-26-19)30-12-13-3-5-14(6-4-13)20(22,23)24/h2-6,9-10,16-17H,1,7-8,11-12H2,(H,25,26,27)/t16-,17?/m0/s1. The second-order valence-electron chi connectivity index (χ2n) is 6.80. The summed E-state index contributed by atoms with van der Waals surface area (Å²) in [7, 11) is 0. The van der Waals surface area contributed by atoms with E-state index in [1.54, 1.807) is 4.90 Å². The molecule has 0 saturated carbocycles. The first-order chi connectivity index (χ1) is 14.3. The zero-order valence-electron chi connectivity index (χ0n) is 15.9. The Morgan fingerprint density at radius 2 is 1.93 bits per heavy atom. The molecule has 160 valence electrons. The number of hydrogen-bond acceptors (Lipinski definition) is 5. The van der Waals surface area contributed by atoms with Crippen LogP contribution in [0.4, 0.5) is 23.5 Å². The van der Waals surface area contributed by atoms with Gasteiger partial charge in [-0.25, -0.2) is 14.4 Å². The van der Waals surface area contributed by atoms with E-state index in [-0.39, 0.29) is 31.1 Å². The van der Waals surface area contributed by atoms with Gasteiger partial charge in [-0.2, -0.15) is 13.2 Å². The van der Waals surface area contributed by atoms with E-state index in [9.17, 15) is 22.4 Å². The first kappa shape index (κ1) is 21.7. The van der Waals surface area contributed by atoms with Crippen LogP contribution in [0.3, 0.4) is 0 Å². The van der Waals surface area contributed by atoms with E-state index in [1.165, 1.54) is 18.2 Å². The van der Waals surface area contributed by atoms with E-state index in [0.717, 1.165) is 24.5 Å². The number of hydrogen-bond donors (Lipinski definition) is 1. The maximum atomic E-state index is 13.1. The van der Waals surface area contributed by atoms with E-state index in [2.05, 4.69) is 21.9 Å². The van der Waals surface area contributed by atoms with Crippen LogP contribution in [-0.4, -0.2) is 46.0 Å². The van der Waals surface area contributed by atoms with Gasteiger partial charge in [0.2, 0.25) is 11.9 Å². The van der Waals surface area contributed by atoms with E-state index in [0.29, 0.717) is 18.5 Å². The Morgan fingerprint density at radius 1 is 1.27 bits per heavy atom. The minimum atomic E-state index is -4.39. The molecule has 10 heteroatoms. The van der Waals surface area contributed by atoms with Crippen LogP contribution in [0, 0.1) is 5.82 Å². The molecule has 2 heterocycles. The fraction of sp³-hybridized carbons (Fsp3) is 0.350. The van der Waals surface area contributed by atoms with Crippen molar-refractivity contribution in [3.05, 3.63) is 66.3 Å². The van der Waals surface area contributed by atoms with Crippen LogP contribution in [0.2, 0.25) is 0 Å². The predicted octanol–water partition coefficient (Wildman–Crippen LogP) is 3.42. The van der Waals surface area contributed by atoms with Crippen molar-refractivity contribution >= 4 is 11.9 Å². The molecule has 0 bridgehead atoms. The Kier molecular flexibility index (Phi) is 6.66. The van der Waals surface area contributed by atoms with Gasteiger partial charge in [-0.05, 0) is 30.2 Å². The van der Waals surface area contributed by atoms with Crippen LogP contribution >= 0.6 is 0 Å². The molecule has 1 N–H and O–H groups in total. The molecule has 3 rings (SSSR count). The normalized spacial score (nSPS) is 19.4. The third-order valence-electron chi connectivity index (χ3n) is 4.72. The molecule has 30 heavy (non-hydrogen) atoms. The molecule has 1 fully saturated rings. The molecule has 1 aromatic carbocycles. The molecular weight excluding hydrogens is 404 g/mol. The average Bonchev–Trinajstić information content (AvgIpc) is 2.73. The summed E-state index contributed by atoms with van der Waals surface area (Å²) in [4.78, 5) is 21.3. The molecule has 1 aromatic heterocycles. The summed E-state index contributed by atoms with van der Waals surface area (Å²) in [5.74, 6) is -0.636. The topological polar surface area (TPSA) is 67.3 Å². The molecule has 2 atom stereocenters. The van der Waals surface area contributed by atoms with Crippen molar-refractivity contribution in [1.82, 2.24) is 14.9 Å². The van der Waals surface area contributed by atoms with Crippen molar-refractivity contribution in [3.8, 4) is 0 Å². The number of carbonyl (C=O) groups is 1. The van der Waals surface area contributed by atoms with E-state index >= 15 is 0 Å². The lowest BCUT2D eigenvalue weighted by Crippen LogP contribution is -2.53. The van der Waals surface area contributed by atoms with Gasteiger partial charge in [-0.15, -0.1) is 0 Å². The quantitative estimate of drug-likeness (QED) is 0.569. The molecule has 6 nitrogen and oxygen atoms in total. The summed E-state index contributed by atoms with van der Waals surface area (Å²) in [6, 6.07) is 4.34. The SMILES string of the molecule is C=CC(=O)N1CCC(OCc2ccc(C(F)(F)F)cc2)[C@@H](Nc2ncc(F)cn2)C1. The Morgan fingerprint density at radius 3 is 2.53 bits per heavy atom. The molecule has 1 unspecified atom stereocenters. The van der Waals surface area contributed by atoms with E-state index in [4.69, 9.17) is 4.74 Å². The van der Waals surface area contributed by atoms with Crippen molar-refractivity contribution in [3.63, 3.8) is 0 Å². The Labute approximate surface area is 170 Å². The number of alkyl halides is 3. The van der Waals surface area contributed by atoms with Gasteiger partial charge in [0.15, 0.2) is 5.82 Å². The molecule has 1 amide bonds. The van der Waals surface area contributed by atoms with Gasteiger partial charge >= 0.3 is 6.18 Å². The number of halogens is 4. The number of anilines is 1. The number of likely N-dealkylation sites (tertiary alicyclic amines) is 1. The third-order valence-corrected chi connectivity index (χ3v) is 4.72. The summed E-state index contributed by atoms with van der Waals surface area (Å²) in [6.07, 6.45) is -1.02. The van der Waals surface area contributed by atoms with Crippen molar-refractivity contribution in [2.45, 2.75) is 31.3 Å². The monoisotopic (exact) mass is 424 g/mol. The van der Waals surface area contributed by atoms with Crippen LogP contribution < -0.4 is 5.32 Å². The Hall–Kier alpha value is -3.01. The first-order valence-electron chi connectivity index (χ1n) is 9.19. The van der Waals surface area contributed by atoms with Crippen molar-refractivity contribution in [1.29, 1.82) is 0 Å². The van der Waals surface area contributed by atoms with Gasteiger partial charge in [-0.3, -0.25) is 4.79 Å². The molecule has 1 aliphatic rings. The molecule has 0 spiro atoms. The minimum Gasteiger partial charge on any atom is -0.371 e. The van der Waals surface area contributed by atoms with Gasteiger partial charge in [0.1, 0.15) is 0 Å². The van der Waals surface area contributed by atoms with Gasteiger partial charge < -0.3 is 15.0 Å². The van der Waals surface area contributed by atoms with Crippen LogP contribution in [0.25, 0.3) is 0 Å². The van der Waals surface area contributed by atoms with Gasteiger partial charge in [-0.1, -0.05) is 18.7 Å².